The highest BCUT2D eigenvalue weighted by molar-refractivity contribution is 5.85. The van der Waals surface area contributed by atoms with Gasteiger partial charge in [0.1, 0.15) is 11.5 Å². The molecule has 1 unspecified atom stereocenters. The first kappa shape index (κ1) is 20.5. The highest BCUT2D eigenvalue weighted by atomic mass is 35.5. The molecular weight excluding hydrogens is 332 g/mol. The number of rotatable bonds is 7. The molecule has 0 spiro atoms. The Labute approximate surface area is 149 Å². The molecule has 0 saturated carbocycles. The molecule has 1 aromatic carbocycles. The number of amides is 1. The standard InChI is InChI=1S/C17H26N2O4.ClH/c1-21-14-4-3-12(15(11-14)22-2)5-8-19-17(20)16(18)13-6-9-23-10-7-13;/h3-4,11,13,16H,5-10,18H2,1-2H3,(H,19,20);1H. The van der Waals surface area contributed by atoms with Crippen LogP contribution in [0.15, 0.2) is 18.2 Å². The summed E-state index contributed by atoms with van der Waals surface area (Å²) in [4.78, 5) is 12.2. The van der Waals surface area contributed by atoms with Crippen molar-refractivity contribution in [2.45, 2.75) is 25.3 Å². The lowest BCUT2D eigenvalue weighted by Crippen LogP contribution is -2.47. The van der Waals surface area contributed by atoms with E-state index >= 15 is 0 Å². The second-order valence-corrected chi connectivity index (χ2v) is 5.69. The molecule has 1 heterocycles. The summed E-state index contributed by atoms with van der Waals surface area (Å²) in [7, 11) is 3.24. The minimum Gasteiger partial charge on any atom is -0.497 e. The number of nitrogens with two attached hydrogens (primary N) is 1. The molecule has 6 nitrogen and oxygen atoms in total. The van der Waals surface area contributed by atoms with E-state index in [1.165, 1.54) is 0 Å². The van der Waals surface area contributed by atoms with Crippen LogP contribution in [-0.2, 0) is 16.0 Å². The fourth-order valence-electron chi connectivity index (χ4n) is 2.79. The maximum Gasteiger partial charge on any atom is 0.237 e. The summed E-state index contributed by atoms with van der Waals surface area (Å²) in [5.41, 5.74) is 7.08. The predicted molar refractivity (Wildman–Crippen MR) is 95.0 cm³/mol. The molecule has 0 aromatic heterocycles. The average molecular weight is 359 g/mol. The monoisotopic (exact) mass is 358 g/mol. The van der Waals surface area contributed by atoms with Crippen LogP contribution in [0.4, 0.5) is 0 Å². The van der Waals surface area contributed by atoms with Crippen molar-refractivity contribution < 1.29 is 19.0 Å². The Balaban J connectivity index is 0.00000288. The van der Waals surface area contributed by atoms with Crippen LogP contribution < -0.4 is 20.5 Å². The summed E-state index contributed by atoms with van der Waals surface area (Å²) in [6, 6.07) is 5.21. The van der Waals surface area contributed by atoms with Gasteiger partial charge in [-0.15, -0.1) is 12.4 Å². The molecule has 1 fully saturated rings. The first-order valence-corrected chi connectivity index (χ1v) is 7.97. The van der Waals surface area contributed by atoms with Crippen molar-refractivity contribution in [2.75, 3.05) is 34.0 Å². The van der Waals surface area contributed by atoms with Crippen LogP contribution >= 0.6 is 12.4 Å². The molecule has 0 aliphatic carbocycles. The van der Waals surface area contributed by atoms with E-state index < -0.39 is 6.04 Å². The molecule has 136 valence electrons. The van der Waals surface area contributed by atoms with Gasteiger partial charge in [-0.2, -0.15) is 0 Å². The van der Waals surface area contributed by atoms with E-state index in [1.54, 1.807) is 14.2 Å². The maximum atomic E-state index is 12.2. The molecule has 1 saturated heterocycles. The van der Waals surface area contributed by atoms with Crippen LogP contribution in [0.1, 0.15) is 18.4 Å². The molecule has 0 radical (unpaired) electrons. The fraction of sp³-hybridized carbons (Fsp3) is 0.588. The Kier molecular flexibility index (Phi) is 8.89. The number of nitrogens with one attached hydrogen (secondary N) is 1. The van der Waals surface area contributed by atoms with E-state index in [0.29, 0.717) is 26.2 Å². The molecule has 1 aromatic rings. The van der Waals surface area contributed by atoms with Crippen molar-refractivity contribution in [2.24, 2.45) is 11.7 Å². The molecule has 1 aliphatic heterocycles. The molecule has 1 atom stereocenters. The number of benzene rings is 1. The largest absolute Gasteiger partial charge is 0.497 e. The van der Waals surface area contributed by atoms with Crippen molar-refractivity contribution >= 4 is 18.3 Å². The van der Waals surface area contributed by atoms with E-state index in [0.717, 1.165) is 29.9 Å². The van der Waals surface area contributed by atoms with E-state index in [9.17, 15) is 4.79 Å². The van der Waals surface area contributed by atoms with Crippen LogP contribution in [0.25, 0.3) is 0 Å². The van der Waals surface area contributed by atoms with Gasteiger partial charge in [0.05, 0.1) is 20.3 Å². The lowest BCUT2D eigenvalue weighted by atomic mass is 9.92. The van der Waals surface area contributed by atoms with Crippen LogP contribution in [0.5, 0.6) is 11.5 Å². The number of halogens is 1. The highest BCUT2D eigenvalue weighted by Crippen LogP contribution is 2.24. The number of hydrogen-bond acceptors (Lipinski definition) is 5. The van der Waals surface area contributed by atoms with Gasteiger partial charge in [-0.05, 0) is 36.8 Å². The van der Waals surface area contributed by atoms with Crippen LogP contribution in [-0.4, -0.2) is 45.9 Å². The van der Waals surface area contributed by atoms with Crippen LogP contribution in [0.2, 0.25) is 0 Å². The Bertz CT molecular complexity index is 521. The second kappa shape index (κ2) is 10.4. The third-order valence-electron chi connectivity index (χ3n) is 4.26. The van der Waals surface area contributed by atoms with Crippen molar-refractivity contribution in [3.8, 4) is 11.5 Å². The quantitative estimate of drug-likeness (QED) is 0.772. The van der Waals surface area contributed by atoms with Gasteiger partial charge in [0.2, 0.25) is 5.91 Å². The first-order chi connectivity index (χ1) is 11.2. The zero-order chi connectivity index (χ0) is 16.7. The Morgan fingerprint density at radius 1 is 1.33 bits per heavy atom. The molecule has 2 rings (SSSR count). The fourth-order valence-corrected chi connectivity index (χ4v) is 2.79. The molecule has 3 N–H and O–H groups in total. The molecular formula is C17H27ClN2O4. The summed E-state index contributed by atoms with van der Waals surface area (Å²) >= 11 is 0. The second-order valence-electron chi connectivity index (χ2n) is 5.69. The van der Waals surface area contributed by atoms with Crippen LogP contribution in [0.3, 0.4) is 0 Å². The van der Waals surface area contributed by atoms with Gasteiger partial charge in [-0.1, -0.05) is 6.07 Å². The summed E-state index contributed by atoms with van der Waals surface area (Å²) in [6.07, 6.45) is 2.38. The molecule has 1 amide bonds. The van der Waals surface area contributed by atoms with E-state index in [1.807, 2.05) is 18.2 Å². The smallest absolute Gasteiger partial charge is 0.237 e. The zero-order valence-electron chi connectivity index (χ0n) is 14.2. The van der Waals surface area contributed by atoms with E-state index in [-0.39, 0.29) is 24.2 Å². The number of carbonyl (C=O) groups is 1. The third kappa shape index (κ3) is 5.54. The van der Waals surface area contributed by atoms with Crippen LogP contribution in [0, 0.1) is 5.92 Å². The molecule has 24 heavy (non-hydrogen) atoms. The summed E-state index contributed by atoms with van der Waals surface area (Å²) in [6.45, 7) is 1.90. The Morgan fingerprint density at radius 3 is 2.67 bits per heavy atom. The predicted octanol–water partition coefficient (Wildman–Crippen LogP) is 1.54. The van der Waals surface area contributed by atoms with Gasteiger partial charge in [0.25, 0.3) is 0 Å². The summed E-state index contributed by atoms with van der Waals surface area (Å²) in [5.74, 6) is 1.62. The minimum atomic E-state index is -0.461. The Hall–Kier alpha value is -1.50. The van der Waals surface area contributed by atoms with E-state index in [4.69, 9.17) is 19.9 Å². The van der Waals surface area contributed by atoms with Gasteiger partial charge >= 0.3 is 0 Å². The maximum absolute atomic E-state index is 12.2. The SMILES string of the molecule is COc1ccc(CCNC(=O)C(N)C2CCOCC2)c(OC)c1.Cl. The van der Waals surface area contributed by atoms with Crippen molar-refractivity contribution in [3.63, 3.8) is 0 Å². The number of hydrogen-bond donors (Lipinski definition) is 2. The molecule has 0 bridgehead atoms. The highest BCUT2D eigenvalue weighted by Gasteiger charge is 2.26. The first-order valence-electron chi connectivity index (χ1n) is 7.97. The van der Waals surface area contributed by atoms with Gasteiger partial charge < -0.3 is 25.3 Å². The van der Waals surface area contributed by atoms with Gasteiger partial charge in [0.15, 0.2) is 0 Å². The van der Waals surface area contributed by atoms with Crippen molar-refractivity contribution in [3.05, 3.63) is 23.8 Å². The molecule has 1 aliphatic rings. The van der Waals surface area contributed by atoms with Gasteiger partial charge in [-0.25, -0.2) is 0 Å². The third-order valence-corrected chi connectivity index (χ3v) is 4.26. The molecule has 7 heteroatoms. The van der Waals surface area contributed by atoms with E-state index in [2.05, 4.69) is 5.32 Å². The normalized spacial score (nSPS) is 16.0. The number of methoxy groups -OCH3 is 2. The summed E-state index contributed by atoms with van der Waals surface area (Å²) in [5, 5.41) is 2.92. The summed E-state index contributed by atoms with van der Waals surface area (Å²) < 4.78 is 15.8. The lowest BCUT2D eigenvalue weighted by Gasteiger charge is -2.26. The average Bonchev–Trinajstić information content (AvgIpc) is 2.61. The minimum absolute atomic E-state index is 0. The zero-order valence-corrected chi connectivity index (χ0v) is 15.1. The topological polar surface area (TPSA) is 82.8 Å². The Morgan fingerprint density at radius 2 is 2.04 bits per heavy atom. The van der Waals surface area contributed by atoms with Gasteiger partial charge in [-0.3, -0.25) is 4.79 Å². The van der Waals surface area contributed by atoms with Gasteiger partial charge in [0, 0.05) is 25.8 Å². The number of ether oxygens (including phenoxy) is 3. The number of carbonyl (C=O) groups excluding carboxylic acids is 1. The lowest BCUT2D eigenvalue weighted by molar-refractivity contribution is -0.124. The van der Waals surface area contributed by atoms with Crippen molar-refractivity contribution in [1.82, 2.24) is 5.32 Å². The van der Waals surface area contributed by atoms with Crippen molar-refractivity contribution in [1.29, 1.82) is 0 Å².